The maximum Gasteiger partial charge on any atom is 0.353 e. The Balaban J connectivity index is 2.97. The third-order valence-corrected chi connectivity index (χ3v) is 2.95. The van der Waals surface area contributed by atoms with E-state index in [0.717, 1.165) is 6.42 Å². The lowest BCUT2D eigenvalue weighted by Crippen LogP contribution is -2.32. The van der Waals surface area contributed by atoms with Crippen molar-refractivity contribution < 1.29 is 10.0 Å². The molecule has 0 spiro atoms. The minimum absolute atomic E-state index is 0.109. The van der Waals surface area contributed by atoms with Crippen LogP contribution >= 0.6 is 0 Å². The van der Waals surface area contributed by atoms with Gasteiger partial charge in [-0.1, -0.05) is 13.8 Å². The predicted octanol–water partition coefficient (Wildman–Crippen LogP) is 1.78. The van der Waals surface area contributed by atoms with Gasteiger partial charge in [0.1, 0.15) is 6.33 Å². The maximum atomic E-state index is 11.2. The summed E-state index contributed by atoms with van der Waals surface area (Å²) >= 11 is 0. The zero-order valence-electron chi connectivity index (χ0n) is 12.0. The fraction of sp³-hybridized carbons (Fsp3) is 0.667. The number of nitrogens with zero attached hydrogens (tertiary/aromatic N) is 3. The van der Waals surface area contributed by atoms with Gasteiger partial charge in [0, 0.05) is 13.1 Å². The smallest absolute Gasteiger partial charge is 0.353 e. The van der Waals surface area contributed by atoms with E-state index in [-0.39, 0.29) is 23.9 Å². The molecule has 1 aromatic heterocycles. The highest BCUT2D eigenvalue weighted by molar-refractivity contribution is 5.69. The normalized spacial score (nSPS) is 13.6. The summed E-state index contributed by atoms with van der Waals surface area (Å²) in [5.41, 5.74) is -1.15. The van der Waals surface area contributed by atoms with Gasteiger partial charge in [-0.2, -0.15) is 0 Å². The van der Waals surface area contributed by atoms with E-state index in [1.54, 1.807) is 6.92 Å². The fourth-order valence-electron chi connectivity index (χ4n) is 1.45. The lowest BCUT2D eigenvalue weighted by atomic mass is 10.0. The van der Waals surface area contributed by atoms with Crippen LogP contribution in [-0.2, 0) is 0 Å². The van der Waals surface area contributed by atoms with Gasteiger partial charge in [-0.05, 0) is 19.8 Å². The molecule has 0 fully saturated rings. The van der Waals surface area contributed by atoms with Crippen LogP contribution in [0.1, 0.15) is 33.6 Å². The molecule has 0 aliphatic carbocycles. The number of rotatable bonds is 8. The molecular weight excluding hydrogens is 262 g/mol. The van der Waals surface area contributed by atoms with Crippen molar-refractivity contribution in [3.8, 4) is 0 Å². The van der Waals surface area contributed by atoms with Gasteiger partial charge in [-0.3, -0.25) is 10.1 Å². The average molecular weight is 283 g/mol. The minimum Gasteiger partial charge on any atom is -0.388 e. The summed E-state index contributed by atoms with van der Waals surface area (Å²) in [5, 5.41) is 26.8. The van der Waals surface area contributed by atoms with Crippen molar-refractivity contribution in [2.45, 2.75) is 39.2 Å². The summed E-state index contributed by atoms with van der Waals surface area (Å²) in [4.78, 5) is 18.4. The molecular formula is C12H21N5O3. The van der Waals surface area contributed by atoms with E-state index < -0.39 is 10.5 Å². The van der Waals surface area contributed by atoms with Gasteiger partial charge in [0.2, 0.25) is 11.6 Å². The lowest BCUT2D eigenvalue weighted by Gasteiger charge is -2.21. The monoisotopic (exact) mass is 283 g/mol. The van der Waals surface area contributed by atoms with Gasteiger partial charge in [0.15, 0.2) is 0 Å². The number of hydrogen-bond donors (Lipinski definition) is 3. The van der Waals surface area contributed by atoms with Crippen LogP contribution in [0.15, 0.2) is 6.33 Å². The molecule has 3 N–H and O–H groups in total. The maximum absolute atomic E-state index is 11.2. The number of hydrogen-bond acceptors (Lipinski definition) is 7. The Bertz CT molecular complexity index is 464. The number of nitrogens with one attached hydrogen (secondary N) is 2. The quantitative estimate of drug-likeness (QED) is 0.492. The molecule has 0 aromatic carbocycles. The van der Waals surface area contributed by atoms with Crippen molar-refractivity contribution in [1.29, 1.82) is 0 Å². The van der Waals surface area contributed by atoms with Gasteiger partial charge in [0.25, 0.3) is 0 Å². The van der Waals surface area contributed by atoms with Crippen LogP contribution in [0, 0.1) is 10.1 Å². The molecule has 0 aliphatic heterocycles. The van der Waals surface area contributed by atoms with Crippen LogP contribution in [0.25, 0.3) is 0 Å². The number of aromatic nitrogens is 2. The van der Waals surface area contributed by atoms with E-state index in [0.29, 0.717) is 13.0 Å². The van der Waals surface area contributed by atoms with E-state index in [4.69, 9.17) is 0 Å². The topological polar surface area (TPSA) is 113 Å². The molecule has 8 heteroatoms. The third kappa shape index (κ3) is 4.30. The van der Waals surface area contributed by atoms with Crippen LogP contribution in [0.5, 0.6) is 0 Å². The Morgan fingerprint density at radius 2 is 1.95 bits per heavy atom. The molecule has 112 valence electrons. The van der Waals surface area contributed by atoms with E-state index >= 15 is 0 Å². The van der Waals surface area contributed by atoms with Gasteiger partial charge in [-0.15, -0.1) is 0 Å². The summed E-state index contributed by atoms with van der Waals surface area (Å²) in [7, 11) is 0. The standard InChI is InChI=1S/C12H21N5O3/c1-4-6-13-10-9(17(19)20)11(16-8-15-10)14-7-12(3,18)5-2/h8,18H,4-7H2,1-3H3,(H2,13,14,15,16). The van der Waals surface area contributed by atoms with Crippen LogP contribution in [0.4, 0.5) is 17.3 Å². The van der Waals surface area contributed by atoms with Crippen molar-refractivity contribution >= 4 is 17.3 Å². The van der Waals surface area contributed by atoms with Crippen molar-refractivity contribution in [3.05, 3.63) is 16.4 Å². The molecule has 0 bridgehead atoms. The molecule has 0 amide bonds. The first-order valence-electron chi connectivity index (χ1n) is 6.60. The highest BCUT2D eigenvalue weighted by Crippen LogP contribution is 2.29. The van der Waals surface area contributed by atoms with E-state index in [1.807, 2.05) is 13.8 Å². The lowest BCUT2D eigenvalue weighted by molar-refractivity contribution is -0.383. The molecule has 1 rings (SSSR count). The molecule has 1 heterocycles. The van der Waals surface area contributed by atoms with Crippen LogP contribution in [-0.4, -0.2) is 38.7 Å². The number of anilines is 2. The Labute approximate surface area is 117 Å². The molecule has 0 saturated heterocycles. The molecule has 0 aliphatic rings. The first-order chi connectivity index (χ1) is 9.41. The molecule has 0 saturated carbocycles. The highest BCUT2D eigenvalue weighted by atomic mass is 16.6. The molecule has 8 nitrogen and oxygen atoms in total. The molecule has 1 aromatic rings. The van der Waals surface area contributed by atoms with Crippen molar-refractivity contribution in [2.24, 2.45) is 0 Å². The predicted molar refractivity (Wildman–Crippen MR) is 76.9 cm³/mol. The zero-order chi connectivity index (χ0) is 15.2. The van der Waals surface area contributed by atoms with Crippen molar-refractivity contribution in [1.82, 2.24) is 9.97 Å². The highest BCUT2D eigenvalue weighted by Gasteiger charge is 2.25. The summed E-state index contributed by atoms with van der Waals surface area (Å²) in [6, 6.07) is 0. The van der Waals surface area contributed by atoms with Crippen LogP contribution in [0.3, 0.4) is 0 Å². The Morgan fingerprint density at radius 3 is 2.45 bits per heavy atom. The summed E-state index contributed by atoms with van der Waals surface area (Å²) in [6.07, 6.45) is 2.61. The van der Waals surface area contributed by atoms with E-state index in [2.05, 4.69) is 20.6 Å². The number of aliphatic hydroxyl groups is 1. The Hall–Kier alpha value is -1.96. The van der Waals surface area contributed by atoms with Crippen molar-refractivity contribution in [2.75, 3.05) is 23.7 Å². The summed E-state index contributed by atoms with van der Waals surface area (Å²) < 4.78 is 0. The Morgan fingerprint density at radius 1 is 1.35 bits per heavy atom. The largest absolute Gasteiger partial charge is 0.388 e. The SMILES string of the molecule is CCCNc1ncnc(NCC(C)(O)CC)c1[N+](=O)[O-]. The summed E-state index contributed by atoms with van der Waals surface area (Å²) in [5.74, 6) is 0.294. The van der Waals surface area contributed by atoms with Gasteiger partial charge < -0.3 is 15.7 Å². The average Bonchev–Trinajstić information content (AvgIpc) is 2.42. The second kappa shape index (κ2) is 6.99. The van der Waals surface area contributed by atoms with Gasteiger partial charge in [0.05, 0.1) is 10.5 Å². The van der Waals surface area contributed by atoms with Crippen LogP contribution < -0.4 is 10.6 Å². The fourth-order valence-corrected chi connectivity index (χ4v) is 1.45. The second-order valence-corrected chi connectivity index (χ2v) is 4.81. The minimum atomic E-state index is -0.949. The first kappa shape index (κ1) is 16.1. The molecule has 20 heavy (non-hydrogen) atoms. The van der Waals surface area contributed by atoms with E-state index in [9.17, 15) is 15.2 Å². The molecule has 1 unspecified atom stereocenters. The first-order valence-corrected chi connectivity index (χ1v) is 6.60. The number of nitro groups is 1. The zero-order valence-corrected chi connectivity index (χ0v) is 12.0. The van der Waals surface area contributed by atoms with Crippen molar-refractivity contribution in [3.63, 3.8) is 0 Å². The summed E-state index contributed by atoms with van der Waals surface area (Å²) in [6.45, 7) is 6.21. The Kier molecular flexibility index (Phi) is 5.63. The third-order valence-electron chi connectivity index (χ3n) is 2.95. The van der Waals surface area contributed by atoms with Crippen LogP contribution in [0.2, 0.25) is 0 Å². The van der Waals surface area contributed by atoms with Gasteiger partial charge >= 0.3 is 5.69 Å². The second-order valence-electron chi connectivity index (χ2n) is 4.81. The van der Waals surface area contributed by atoms with E-state index in [1.165, 1.54) is 6.33 Å². The molecule has 1 atom stereocenters. The molecule has 0 radical (unpaired) electrons. The van der Waals surface area contributed by atoms with Gasteiger partial charge in [-0.25, -0.2) is 9.97 Å².